The highest BCUT2D eigenvalue weighted by molar-refractivity contribution is 6.25. The number of allylic oxidation sites excluding steroid dienone is 1. The molecule has 3 aliphatic rings. The van der Waals surface area contributed by atoms with Crippen molar-refractivity contribution in [2.75, 3.05) is 40.2 Å². The maximum absolute atomic E-state index is 14.2. The summed E-state index contributed by atoms with van der Waals surface area (Å²) >= 11 is 0. The molecular weight excluding hydrogens is 490 g/mol. The highest BCUT2D eigenvalue weighted by Crippen LogP contribution is 2.54. The molecule has 1 amide bonds. The van der Waals surface area contributed by atoms with Crippen LogP contribution < -0.4 is 15.4 Å². The summed E-state index contributed by atoms with van der Waals surface area (Å²) in [6.45, 7) is 0. The van der Waals surface area contributed by atoms with E-state index in [2.05, 4.69) is 0 Å². The van der Waals surface area contributed by atoms with E-state index < -0.39 is 58.0 Å². The number of benzene rings is 2. The summed E-state index contributed by atoms with van der Waals surface area (Å²) in [5, 5.41) is 35.8. The third kappa shape index (κ3) is 3.16. The highest BCUT2D eigenvalue weighted by Gasteiger charge is 2.63. The van der Waals surface area contributed by atoms with E-state index in [4.69, 9.17) is 10.5 Å². The first-order valence-corrected chi connectivity index (χ1v) is 12.3. The van der Waals surface area contributed by atoms with Crippen LogP contribution in [0.3, 0.4) is 0 Å². The maximum Gasteiger partial charge on any atom is 0.255 e. The van der Waals surface area contributed by atoms with Crippen molar-refractivity contribution in [3.63, 3.8) is 0 Å². The molecule has 5 rings (SSSR count). The number of nitrogens with two attached hydrogens (primary N) is 1. The quantitative estimate of drug-likeness (QED) is 0.440. The molecule has 0 saturated carbocycles. The minimum absolute atomic E-state index is 0.0910. The monoisotopic (exact) mass is 521 g/mol. The van der Waals surface area contributed by atoms with Gasteiger partial charge in [-0.2, -0.15) is 0 Å². The Hall–Kier alpha value is -3.89. The first-order valence-electron chi connectivity index (χ1n) is 12.3. The number of methoxy groups -OCH3 is 1. The Labute approximate surface area is 219 Å². The van der Waals surface area contributed by atoms with Crippen LogP contribution in [0.25, 0.3) is 10.8 Å². The summed E-state index contributed by atoms with van der Waals surface area (Å²) in [6.07, 6.45) is 0.414. The van der Waals surface area contributed by atoms with Crippen LogP contribution in [0.1, 0.15) is 22.3 Å². The van der Waals surface area contributed by atoms with Crippen LogP contribution in [0.15, 0.2) is 46.9 Å². The molecule has 0 aliphatic heterocycles. The molecule has 0 bridgehead atoms. The number of hydrogen-bond donors (Lipinski definition) is 4. The van der Waals surface area contributed by atoms with Crippen molar-refractivity contribution in [2.45, 2.75) is 24.5 Å². The number of Topliss-reactive ketones (excluding diaryl/α,β-unsaturated/α-hetero) is 2. The summed E-state index contributed by atoms with van der Waals surface area (Å²) < 4.78 is 5.73. The van der Waals surface area contributed by atoms with Crippen molar-refractivity contribution in [1.82, 2.24) is 4.90 Å². The average molecular weight is 522 g/mol. The van der Waals surface area contributed by atoms with Crippen LogP contribution in [0.2, 0.25) is 0 Å². The molecule has 0 radical (unpaired) electrons. The van der Waals surface area contributed by atoms with Crippen LogP contribution in [0.4, 0.5) is 5.69 Å². The van der Waals surface area contributed by atoms with E-state index in [9.17, 15) is 29.7 Å². The Kier molecular flexibility index (Phi) is 5.81. The number of carbonyl (C=O) groups excluding carboxylic acids is 3. The molecule has 10 nitrogen and oxygen atoms in total. The normalized spacial score (nSPS) is 26.9. The number of likely N-dealkylation sites (N-methyl/N-ethyl adjacent to an activating group) is 1. The van der Waals surface area contributed by atoms with Gasteiger partial charge in [-0.3, -0.25) is 19.3 Å². The van der Waals surface area contributed by atoms with Gasteiger partial charge in [-0.1, -0.05) is 24.3 Å². The van der Waals surface area contributed by atoms with Gasteiger partial charge in [-0.05, 0) is 38.4 Å². The third-order valence-corrected chi connectivity index (χ3v) is 8.21. The number of fused-ring (bicyclic) bond motifs is 4. The number of carbonyl (C=O) groups is 3. The van der Waals surface area contributed by atoms with Gasteiger partial charge in [0.1, 0.15) is 22.8 Å². The Morgan fingerprint density at radius 3 is 2.29 bits per heavy atom. The number of ether oxygens (including phenoxy) is 1. The van der Waals surface area contributed by atoms with Gasteiger partial charge in [-0.15, -0.1) is 0 Å². The summed E-state index contributed by atoms with van der Waals surface area (Å²) in [5.41, 5.74) is 3.75. The second-order valence-corrected chi connectivity index (χ2v) is 10.6. The first kappa shape index (κ1) is 25.7. The number of aliphatic hydroxyl groups is 3. The van der Waals surface area contributed by atoms with Crippen LogP contribution in [0, 0.1) is 11.8 Å². The van der Waals surface area contributed by atoms with Crippen LogP contribution >= 0.6 is 0 Å². The molecule has 0 aromatic heterocycles. The largest absolute Gasteiger partial charge is 0.510 e. The molecule has 2 aromatic carbocycles. The summed E-state index contributed by atoms with van der Waals surface area (Å²) in [7, 11) is 8.48. The number of amides is 1. The minimum Gasteiger partial charge on any atom is -0.510 e. The van der Waals surface area contributed by atoms with E-state index in [-0.39, 0.29) is 17.6 Å². The molecule has 5 N–H and O–H groups in total. The molecule has 200 valence electrons. The van der Waals surface area contributed by atoms with Crippen LogP contribution in [0.5, 0.6) is 5.75 Å². The van der Waals surface area contributed by atoms with Crippen LogP contribution in [-0.4, -0.2) is 84.6 Å². The zero-order valence-corrected chi connectivity index (χ0v) is 21.9. The van der Waals surface area contributed by atoms with Crippen molar-refractivity contribution in [2.24, 2.45) is 17.6 Å². The summed E-state index contributed by atoms with van der Waals surface area (Å²) in [6, 6.07) is 6.54. The molecule has 0 unspecified atom stereocenters. The molecule has 0 heterocycles. The van der Waals surface area contributed by atoms with E-state index >= 15 is 0 Å². The van der Waals surface area contributed by atoms with Crippen molar-refractivity contribution in [3.8, 4) is 5.75 Å². The molecule has 2 aromatic rings. The SMILES string of the molecule is COc1c2c(c(N(C)C)c3ccccc13)C[C@H]1C[C@H]3[C@H](N(C)C)C(O)=C(C(N)=O)C(=O)[C@@]3(O)C(O)=C1C2=O. The number of primary amides is 1. The van der Waals surface area contributed by atoms with Gasteiger partial charge < -0.3 is 30.7 Å². The Bertz CT molecular complexity index is 1490. The van der Waals surface area contributed by atoms with Gasteiger partial charge in [0.15, 0.2) is 11.4 Å². The van der Waals surface area contributed by atoms with Crippen molar-refractivity contribution in [1.29, 1.82) is 0 Å². The van der Waals surface area contributed by atoms with Gasteiger partial charge in [0.05, 0.1) is 18.7 Å². The lowest BCUT2D eigenvalue weighted by Crippen LogP contribution is -2.63. The third-order valence-electron chi connectivity index (χ3n) is 8.21. The number of rotatable bonds is 4. The molecule has 3 aliphatic carbocycles. The van der Waals surface area contributed by atoms with Gasteiger partial charge in [0.25, 0.3) is 5.91 Å². The van der Waals surface area contributed by atoms with Gasteiger partial charge >= 0.3 is 0 Å². The predicted molar refractivity (Wildman–Crippen MR) is 140 cm³/mol. The number of aliphatic hydroxyl groups excluding tert-OH is 2. The zero-order chi connectivity index (χ0) is 27.8. The maximum atomic E-state index is 14.2. The topological polar surface area (TPSA) is 154 Å². The fraction of sp³-hybridized carbons (Fsp3) is 0.393. The molecule has 10 heteroatoms. The number of hydrogen-bond acceptors (Lipinski definition) is 9. The minimum atomic E-state index is -2.61. The lowest BCUT2D eigenvalue weighted by Gasteiger charge is -2.50. The second-order valence-electron chi connectivity index (χ2n) is 10.6. The Morgan fingerprint density at radius 2 is 1.74 bits per heavy atom. The summed E-state index contributed by atoms with van der Waals surface area (Å²) in [5.74, 6) is -5.62. The lowest BCUT2D eigenvalue weighted by molar-refractivity contribution is -0.148. The van der Waals surface area contributed by atoms with Crippen molar-refractivity contribution >= 4 is 33.9 Å². The molecular formula is C28H31N3O7. The fourth-order valence-corrected chi connectivity index (χ4v) is 6.75. The molecule has 4 atom stereocenters. The van der Waals surface area contributed by atoms with Crippen molar-refractivity contribution < 1.29 is 34.4 Å². The van der Waals surface area contributed by atoms with E-state index in [0.29, 0.717) is 17.6 Å². The molecule has 0 spiro atoms. The van der Waals surface area contributed by atoms with Gasteiger partial charge in [0, 0.05) is 42.0 Å². The Morgan fingerprint density at radius 1 is 1.11 bits per heavy atom. The molecule has 0 saturated heterocycles. The molecule has 0 fully saturated rings. The lowest BCUT2D eigenvalue weighted by atomic mass is 9.58. The van der Waals surface area contributed by atoms with Gasteiger partial charge in [-0.25, -0.2) is 0 Å². The average Bonchev–Trinajstić information content (AvgIpc) is 2.84. The number of nitrogens with zero attached hydrogens (tertiary/aromatic N) is 2. The standard InChI is InChI=1S/C28H31N3O7/c1-30(2)20-13-8-6-7-9-14(13)24(38-5)18-15(20)10-12-11-16-21(31(3)4)23(33)19(27(29)36)26(35)28(16,37)25(34)17(12)22(18)32/h6-9,12,16,21,33-34,37H,10-11H2,1-5H3,(H2,29,36)/t12-,16-,21-,28-/m0/s1. The second kappa shape index (κ2) is 8.57. The van der Waals surface area contributed by atoms with E-state index in [1.807, 2.05) is 43.3 Å². The predicted octanol–water partition coefficient (Wildman–Crippen LogP) is 1.64. The smallest absolute Gasteiger partial charge is 0.255 e. The van der Waals surface area contributed by atoms with Gasteiger partial charge in [0.2, 0.25) is 5.78 Å². The fourth-order valence-electron chi connectivity index (χ4n) is 6.75. The molecule has 38 heavy (non-hydrogen) atoms. The summed E-state index contributed by atoms with van der Waals surface area (Å²) in [4.78, 5) is 43.3. The Balaban J connectivity index is 1.81. The number of ketones is 2. The first-order chi connectivity index (χ1) is 17.9. The van der Waals surface area contributed by atoms with Crippen LogP contribution in [-0.2, 0) is 16.0 Å². The highest BCUT2D eigenvalue weighted by atomic mass is 16.5. The number of anilines is 1. The van der Waals surface area contributed by atoms with Crippen molar-refractivity contribution in [3.05, 3.63) is 58.1 Å². The van der Waals surface area contributed by atoms with E-state index in [1.165, 1.54) is 7.11 Å². The zero-order valence-electron chi connectivity index (χ0n) is 21.9. The van der Waals surface area contributed by atoms with E-state index in [0.717, 1.165) is 16.6 Å². The van der Waals surface area contributed by atoms with E-state index in [1.54, 1.807) is 19.0 Å².